The summed E-state index contributed by atoms with van der Waals surface area (Å²) < 4.78 is 18.9. The summed E-state index contributed by atoms with van der Waals surface area (Å²) >= 11 is 6.42. The number of likely N-dealkylation sites (N-methyl/N-ethyl adjacent to an activating group) is 1. The fraction of sp³-hybridized carbons (Fsp3) is 0.346. The van der Waals surface area contributed by atoms with Gasteiger partial charge in [0.25, 0.3) is 5.91 Å². The summed E-state index contributed by atoms with van der Waals surface area (Å²) in [5, 5.41) is 3.30. The normalized spacial score (nSPS) is 18.8. The number of nitrogens with one attached hydrogen (secondary N) is 1. The number of amides is 3. The maximum atomic E-state index is 13.6. The van der Waals surface area contributed by atoms with E-state index in [1.54, 1.807) is 49.2 Å². The van der Waals surface area contributed by atoms with Crippen molar-refractivity contribution >= 4 is 29.5 Å². The van der Waals surface area contributed by atoms with Gasteiger partial charge in [-0.15, -0.1) is 0 Å². The van der Waals surface area contributed by atoms with E-state index in [0.29, 0.717) is 60.1 Å². The van der Waals surface area contributed by atoms with Crippen molar-refractivity contribution in [3.05, 3.63) is 81.8 Å². The summed E-state index contributed by atoms with van der Waals surface area (Å²) in [4.78, 5) is 44.0. The first-order valence-corrected chi connectivity index (χ1v) is 12.1. The van der Waals surface area contributed by atoms with Crippen LogP contribution in [-0.4, -0.2) is 79.0 Å². The molecule has 2 aliphatic rings. The zero-order valence-corrected chi connectivity index (χ0v) is 20.9. The molecule has 2 heterocycles. The standard InChI is InChI=1S/C26H28ClFN4O4/c1-3-36-25(34)22-21(30(2)26(35)29-23(22)19-9-4-5-10-20(19)27)16-31-11-13-32(14-12-31)24(33)17-7-6-8-18(28)15-17/h4-10,15,23H,3,11-14,16H2,1-2H3,(H,29,35). The Morgan fingerprint density at radius 3 is 2.50 bits per heavy atom. The number of carbonyl (C=O) groups is 3. The number of nitrogens with zero attached hydrogens (tertiary/aromatic N) is 3. The molecule has 3 amide bonds. The van der Waals surface area contributed by atoms with E-state index < -0.39 is 17.8 Å². The van der Waals surface area contributed by atoms with E-state index >= 15 is 0 Å². The second-order valence-corrected chi connectivity index (χ2v) is 9.03. The van der Waals surface area contributed by atoms with Gasteiger partial charge in [-0.25, -0.2) is 14.0 Å². The molecule has 1 N–H and O–H groups in total. The highest BCUT2D eigenvalue weighted by molar-refractivity contribution is 6.31. The number of urea groups is 1. The number of rotatable bonds is 6. The molecule has 0 saturated carbocycles. The highest BCUT2D eigenvalue weighted by Gasteiger charge is 2.38. The number of hydrogen-bond acceptors (Lipinski definition) is 5. The van der Waals surface area contributed by atoms with Crippen LogP contribution in [0, 0.1) is 5.82 Å². The molecule has 36 heavy (non-hydrogen) atoms. The second kappa shape index (κ2) is 11.1. The molecule has 0 aliphatic carbocycles. The van der Waals surface area contributed by atoms with E-state index in [4.69, 9.17) is 16.3 Å². The zero-order valence-electron chi connectivity index (χ0n) is 20.2. The van der Waals surface area contributed by atoms with Crippen LogP contribution < -0.4 is 5.32 Å². The van der Waals surface area contributed by atoms with Gasteiger partial charge in [0.15, 0.2) is 0 Å². The van der Waals surface area contributed by atoms with Gasteiger partial charge in [0.1, 0.15) is 5.82 Å². The third-order valence-electron chi connectivity index (χ3n) is 6.39. The third kappa shape index (κ3) is 5.37. The van der Waals surface area contributed by atoms with E-state index in [1.807, 2.05) is 0 Å². The molecule has 1 atom stereocenters. The quantitative estimate of drug-likeness (QED) is 0.597. The topological polar surface area (TPSA) is 82.2 Å². The highest BCUT2D eigenvalue weighted by Crippen LogP contribution is 2.34. The molecule has 2 aromatic carbocycles. The maximum Gasteiger partial charge on any atom is 0.338 e. The highest BCUT2D eigenvalue weighted by atomic mass is 35.5. The van der Waals surface area contributed by atoms with Crippen LogP contribution in [0.25, 0.3) is 0 Å². The first kappa shape index (κ1) is 25.7. The van der Waals surface area contributed by atoms with Gasteiger partial charge in [-0.3, -0.25) is 14.6 Å². The molecular formula is C26H28ClFN4O4. The Balaban J connectivity index is 1.57. The Morgan fingerprint density at radius 1 is 1.11 bits per heavy atom. The molecule has 2 aromatic rings. The van der Waals surface area contributed by atoms with E-state index in [9.17, 15) is 18.8 Å². The number of ether oxygens (including phenoxy) is 1. The minimum atomic E-state index is -0.757. The smallest absolute Gasteiger partial charge is 0.338 e. The molecule has 4 rings (SSSR count). The van der Waals surface area contributed by atoms with Crippen molar-refractivity contribution in [2.75, 3.05) is 46.4 Å². The van der Waals surface area contributed by atoms with Crippen LogP contribution in [0.15, 0.2) is 59.8 Å². The Morgan fingerprint density at radius 2 is 1.83 bits per heavy atom. The summed E-state index contributed by atoms with van der Waals surface area (Å²) in [5.74, 6) is -1.21. The minimum Gasteiger partial charge on any atom is -0.463 e. The van der Waals surface area contributed by atoms with Gasteiger partial charge < -0.3 is 15.0 Å². The van der Waals surface area contributed by atoms with Gasteiger partial charge in [0.05, 0.1) is 18.2 Å². The fourth-order valence-electron chi connectivity index (χ4n) is 4.47. The maximum absolute atomic E-state index is 13.6. The second-order valence-electron chi connectivity index (χ2n) is 8.62. The molecule has 10 heteroatoms. The van der Waals surface area contributed by atoms with E-state index in [2.05, 4.69) is 10.2 Å². The van der Waals surface area contributed by atoms with Gasteiger partial charge in [-0.1, -0.05) is 35.9 Å². The largest absolute Gasteiger partial charge is 0.463 e. The van der Waals surface area contributed by atoms with Gasteiger partial charge in [0, 0.05) is 56.1 Å². The Kier molecular flexibility index (Phi) is 7.91. The van der Waals surface area contributed by atoms with E-state index in [0.717, 1.165) is 0 Å². The van der Waals surface area contributed by atoms with Crippen molar-refractivity contribution in [3.8, 4) is 0 Å². The van der Waals surface area contributed by atoms with Crippen LogP contribution in [0.3, 0.4) is 0 Å². The van der Waals surface area contributed by atoms with Crippen LogP contribution >= 0.6 is 11.6 Å². The summed E-state index contributed by atoms with van der Waals surface area (Å²) in [6, 6.07) is 11.6. The van der Waals surface area contributed by atoms with Crippen LogP contribution in [-0.2, 0) is 9.53 Å². The molecule has 0 aromatic heterocycles. The van der Waals surface area contributed by atoms with Crippen LogP contribution in [0.5, 0.6) is 0 Å². The van der Waals surface area contributed by atoms with Crippen molar-refractivity contribution in [1.29, 1.82) is 0 Å². The Bertz CT molecular complexity index is 1200. The van der Waals surface area contributed by atoms with E-state index in [-0.39, 0.29) is 18.5 Å². The molecule has 0 radical (unpaired) electrons. The number of hydrogen-bond donors (Lipinski definition) is 1. The molecule has 1 unspecified atom stereocenters. The van der Waals surface area contributed by atoms with Crippen molar-refractivity contribution in [1.82, 2.24) is 20.0 Å². The fourth-order valence-corrected chi connectivity index (χ4v) is 4.71. The predicted octanol–water partition coefficient (Wildman–Crippen LogP) is 3.45. The third-order valence-corrected chi connectivity index (χ3v) is 6.74. The van der Waals surface area contributed by atoms with Crippen molar-refractivity contribution in [2.24, 2.45) is 0 Å². The molecule has 190 valence electrons. The van der Waals surface area contributed by atoms with Crippen LogP contribution in [0.4, 0.5) is 9.18 Å². The summed E-state index contributed by atoms with van der Waals surface area (Å²) in [6.45, 7) is 4.12. The number of carbonyl (C=O) groups excluding carboxylic acids is 3. The lowest BCUT2D eigenvalue weighted by Gasteiger charge is -2.39. The number of piperazine rings is 1. The molecule has 0 spiro atoms. The lowest BCUT2D eigenvalue weighted by atomic mass is 9.94. The molecule has 2 aliphatic heterocycles. The SMILES string of the molecule is CCOC(=O)C1=C(CN2CCN(C(=O)c3cccc(F)c3)CC2)N(C)C(=O)NC1c1ccccc1Cl. The molecule has 1 saturated heterocycles. The molecule has 8 nitrogen and oxygen atoms in total. The summed E-state index contributed by atoms with van der Waals surface area (Å²) in [7, 11) is 1.61. The Hall–Kier alpha value is -3.43. The average molecular weight is 515 g/mol. The number of benzene rings is 2. The lowest BCUT2D eigenvalue weighted by molar-refractivity contribution is -0.139. The molecule has 1 fully saturated rings. The number of halogens is 2. The molecular weight excluding hydrogens is 487 g/mol. The lowest BCUT2D eigenvalue weighted by Crippen LogP contribution is -2.53. The minimum absolute atomic E-state index is 0.184. The van der Waals surface area contributed by atoms with Gasteiger partial charge in [-0.05, 0) is 36.8 Å². The average Bonchev–Trinajstić information content (AvgIpc) is 2.87. The Labute approximate surface area is 214 Å². The first-order valence-electron chi connectivity index (χ1n) is 11.8. The van der Waals surface area contributed by atoms with Crippen LogP contribution in [0.1, 0.15) is 28.9 Å². The zero-order chi connectivity index (χ0) is 25.8. The van der Waals surface area contributed by atoms with Crippen molar-refractivity contribution in [2.45, 2.75) is 13.0 Å². The number of esters is 1. The summed E-state index contributed by atoms with van der Waals surface area (Å²) in [6.07, 6.45) is 0. The van der Waals surface area contributed by atoms with Crippen LogP contribution in [0.2, 0.25) is 5.02 Å². The predicted molar refractivity (Wildman–Crippen MR) is 133 cm³/mol. The van der Waals surface area contributed by atoms with Gasteiger partial charge in [-0.2, -0.15) is 0 Å². The van der Waals surface area contributed by atoms with Gasteiger partial charge in [0.2, 0.25) is 0 Å². The van der Waals surface area contributed by atoms with Crippen molar-refractivity contribution < 1.29 is 23.5 Å². The van der Waals surface area contributed by atoms with E-state index in [1.165, 1.54) is 23.1 Å². The monoisotopic (exact) mass is 514 g/mol. The van der Waals surface area contributed by atoms with Crippen molar-refractivity contribution in [3.63, 3.8) is 0 Å². The molecule has 0 bridgehead atoms. The van der Waals surface area contributed by atoms with Gasteiger partial charge >= 0.3 is 12.0 Å². The summed E-state index contributed by atoms with van der Waals surface area (Å²) in [5.41, 5.74) is 1.76. The first-order chi connectivity index (χ1) is 17.3.